The molecule has 0 saturated heterocycles. The molecule has 41 heavy (non-hydrogen) atoms. The van der Waals surface area contributed by atoms with Crippen molar-refractivity contribution in [1.82, 2.24) is 19.6 Å². The van der Waals surface area contributed by atoms with Crippen LogP contribution in [0.5, 0.6) is 5.75 Å². The molecule has 0 aliphatic heterocycles. The van der Waals surface area contributed by atoms with Gasteiger partial charge >= 0.3 is 12.1 Å². The van der Waals surface area contributed by atoms with E-state index in [1.807, 2.05) is 0 Å². The molecule has 0 spiro atoms. The van der Waals surface area contributed by atoms with Gasteiger partial charge in [0.25, 0.3) is 5.56 Å². The van der Waals surface area contributed by atoms with Crippen molar-refractivity contribution in [2.45, 2.75) is 17.6 Å². The van der Waals surface area contributed by atoms with Crippen LogP contribution < -0.4 is 16.0 Å². The average Bonchev–Trinajstić information content (AvgIpc) is 3.42. The third kappa shape index (κ3) is 6.52. The third-order valence-electron chi connectivity index (χ3n) is 5.83. The quantitative estimate of drug-likeness (QED) is 0.220. The van der Waals surface area contributed by atoms with E-state index in [4.69, 9.17) is 38.4 Å². The van der Waals surface area contributed by atoms with Crippen LogP contribution in [0.15, 0.2) is 71.8 Å². The van der Waals surface area contributed by atoms with E-state index in [0.717, 1.165) is 21.5 Å². The van der Waals surface area contributed by atoms with Crippen LogP contribution >= 0.6 is 23.2 Å². The summed E-state index contributed by atoms with van der Waals surface area (Å²) in [6, 6.07) is 13.2. The Morgan fingerprint density at radius 1 is 1.05 bits per heavy atom. The zero-order valence-corrected chi connectivity index (χ0v) is 22.6. The highest BCUT2D eigenvalue weighted by Gasteiger charge is 2.37. The topological polar surface area (TPSA) is 131 Å². The van der Waals surface area contributed by atoms with Crippen molar-refractivity contribution < 1.29 is 32.2 Å². The Balaban J connectivity index is 1.79. The number of aromatic nitrogens is 4. The number of benzene rings is 2. The number of hydrogen-bond donors (Lipinski definition) is 1. The monoisotopic (exact) mass is 609 g/mol. The Morgan fingerprint density at radius 2 is 1.76 bits per heavy atom. The second-order valence-electron chi connectivity index (χ2n) is 8.67. The molecule has 214 valence electrons. The highest BCUT2D eigenvalue weighted by Crippen LogP contribution is 2.37. The molecule has 0 unspecified atom stereocenters. The number of esters is 1. The Morgan fingerprint density at radius 3 is 2.37 bits per heavy atom. The van der Waals surface area contributed by atoms with Crippen LogP contribution in [0.1, 0.15) is 22.5 Å². The summed E-state index contributed by atoms with van der Waals surface area (Å²) >= 11 is 12.9. The molecule has 2 aromatic carbocycles. The molecular formula is C26H20Cl2F3N5O5. The van der Waals surface area contributed by atoms with E-state index >= 15 is 0 Å². The lowest BCUT2D eigenvalue weighted by Gasteiger charge is -2.29. The number of nitrogens with two attached hydrogens (primary N) is 1. The number of ether oxygens (including phenoxy) is 2. The maximum Gasteiger partial charge on any atom is 0.436 e. The molecular weight excluding hydrogens is 590 g/mol. The van der Waals surface area contributed by atoms with Gasteiger partial charge in [0.15, 0.2) is 10.7 Å². The SMILES string of the molecule is COc1cn([C@@](Cl)(COC(=O)c2ccccc2)CC(N)=O)c(=O)cc1-c1cc(Cl)ccc1-n1cc(C(F)(F)F)nn1. The highest BCUT2D eigenvalue weighted by atomic mass is 35.5. The summed E-state index contributed by atoms with van der Waals surface area (Å²) < 4.78 is 52.0. The lowest BCUT2D eigenvalue weighted by Crippen LogP contribution is -2.43. The summed E-state index contributed by atoms with van der Waals surface area (Å²) in [4.78, 5) is 35.9. The maximum atomic E-state index is 13.4. The van der Waals surface area contributed by atoms with Gasteiger partial charge in [0, 0.05) is 22.2 Å². The molecule has 2 aromatic heterocycles. The molecule has 0 bridgehead atoms. The van der Waals surface area contributed by atoms with Crippen molar-refractivity contribution in [3.05, 3.63) is 93.6 Å². The number of amides is 1. The minimum absolute atomic E-state index is 0.00755. The third-order valence-corrected chi connectivity index (χ3v) is 6.49. The fourth-order valence-electron chi connectivity index (χ4n) is 3.94. The Kier molecular flexibility index (Phi) is 8.40. The van der Waals surface area contributed by atoms with Crippen molar-refractivity contribution in [3.63, 3.8) is 0 Å². The fraction of sp³-hybridized carbons (Fsp3) is 0.192. The van der Waals surface area contributed by atoms with Gasteiger partial charge in [0.2, 0.25) is 5.91 Å². The molecule has 10 nitrogen and oxygen atoms in total. The largest absolute Gasteiger partial charge is 0.495 e. The van der Waals surface area contributed by atoms with Crippen LogP contribution in [0.2, 0.25) is 5.02 Å². The summed E-state index contributed by atoms with van der Waals surface area (Å²) in [7, 11) is 1.27. The van der Waals surface area contributed by atoms with Gasteiger partial charge in [-0.25, -0.2) is 9.48 Å². The number of alkyl halides is 4. The maximum absolute atomic E-state index is 13.4. The summed E-state index contributed by atoms with van der Waals surface area (Å²) in [6.45, 7) is -0.630. The van der Waals surface area contributed by atoms with Gasteiger partial charge in [-0.3, -0.25) is 14.2 Å². The molecule has 0 radical (unpaired) electrons. The van der Waals surface area contributed by atoms with Crippen molar-refractivity contribution >= 4 is 35.1 Å². The number of nitrogens with zero attached hydrogens (tertiary/aromatic N) is 4. The first kappa shape index (κ1) is 29.6. The number of methoxy groups -OCH3 is 1. The lowest BCUT2D eigenvalue weighted by molar-refractivity contribution is -0.141. The van der Waals surface area contributed by atoms with Crippen LogP contribution in [0.3, 0.4) is 0 Å². The van der Waals surface area contributed by atoms with Gasteiger partial charge in [-0.2, -0.15) is 13.2 Å². The van der Waals surface area contributed by atoms with E-state index in [1.54, 1.807) is 18.2 Å². The minimum Gasteiger partial charge on any atom is -0.495 e. The first-order chi connectivity index (χ1) is 19.3. The number of hydrogen-bond acceptors (Lipinski definition) is 7. The zero-order valence-electron chi connectivity index (χ0n) is 21.1. The Labute approximate surface area is 240 Å². The normalized spacial score (nSPS) is 12.9. The summed E-state index contributed by atoms with van der Waals surface area (Å²) in [5, 5.41) is 6.92. The molecule has 15 heteroatoms. The molecule has 4 aromatic rings. The standard InChI is InChI=1S/C26H20Cl2F3N5O5/c1-40-20-12-35(25(28,11-22(32)37)14-41-24(39)15-5-3-2-4-6-15)23(38)10-18(20)17-9-16(27)7-8-19(17)36-13-21(33-34-36)26(29,30)31/h2-10,12-13H,11,14H2,1H3,(H2,32,37)/t25-/m1/s1. The predicted octanol–water partition coefficient (Wildman–Crippen LogP) is 4.40. The molecule has 0 fully saturated rings. The van der Waals surface area contributed by atoms with Gasteiger partial charge in [-0.15, -0.1) is 5.10 Å². The van der Waals surface area contributed by atoms with Crippen LogP contribution in [0.4, 0.5) is 13.2 Å². The highest BCUT2D eigenvalue weighted by molar-refractivity contribution is 6.31. The van der Waals surface area contributed by atoms with Gasteiger partial charge in [-0.05, 0) is 30.3 Å². The number of halogens is 5. The van der Waals surface area contributed by atoms with E-state index < -0.39 is 47.3 Å². The van der Waals surface area contributed by atoms with Gasteiger partial charge in [0.1, 0.15) is 12.4 Å². The smallest absolute Gasteiger partial charge is 0.436 e. The van der Waals surface area contributed by atoms with Crippen molar-refractivity contribution in [1.29, 1.82) is 0 Å². The van der Waals surface area contributed by atoms with Crippen LogP contribution in [0, 0.1) is 0 Å². The van der Waals surface area contributed by atoms with Crippen LogP contribution in [-0.2, 0) is 20.7 Å². The molecule has 2 N–H and O–H groups in total. The summed E-state index contributed by atoms with van der Waals surface area (Å²) in [6.07, 6.45) is -3.51. The van der Waals surface area contributed by atoms with Crippen LogP contribution in [-0.4, -0.2) is 45.2 Å². The molecule has 4 rings (SSSR count). The summed E-state index contributed by atoms with van der Waals surface area (Å²) in [5.41, 5.74) is 3.95. The number of pyridine rings is 1. The first-order valence-electron chi connectivity index (χ1n) is 11.6. The lowest BCUT2D eigenvalue weighted by atomic mass is 10.0. The molecule has 0 saturated carbocycles. The molecule has 1 amide bonds. The predicted molar refractivity (Wildman–Crippen MR) is 142 cm³/mol. The van der Waals surface area contributed by atoms with Gasteiger partial charge in [0.05, 0.1) is 37.2 Å². The molecule has 2 heterocycles. The number of carbonyl (C=O) groups is 2. The number of carbonyl (C=O) groups excluding carboxylic acids is 2. The van der Waals surface area contributed by atoms with Crippen molar-refractivity contribution in [3.8, 4) is 22.6 Å². The van der Waals surface area contributed by atoms with E-state index in [9.17, 15) is 27.6 Å². The van der Waals surface area contributed by atoms with Crippen molar-refractivity contribution in [2.24, 2.45) is 5.73 Å². The Bertz CT molecular complexity index is 1660. The number of primary amides is 1. The van der Waals surface area contributed by atoms with E-state index in [0.29, 0.717) is 6.20 Å². The fourth-order valence-corrected chi connectivity index (χ4v) is 4.43. The zero-order chi connectivity index (χ0) is 29.9. The molecule has 0 aliphatic rings. The summed E-state index contributed by atoms with van der Waals surface area (Å²) in [5.74, 6) is -1.64. The second-order valence-corrected chi connectivity index (χ2v) is 9.81. The molecule has 0 aliphatic carbocycles. The van der Waals surface area contributed by atoms with Crippen molar-refractivity contribution in [2.75, 3.05) is 13.7 Å². The van der Waals surface area contributed by atoms with E-state index in [-0.39, 0.29) is 33.1 Å². The second kappa shape index (κ2) is 11.6. The van der Waals surface area contributed by atoms with Gasteiger partial charge < -0.3 is 15.2 Å². The van der Waals surface area contributed by atoms with Gasteiger partial charge in [-0.1, -0.05) is 46.6 Å². The number of rotatable bonds is 9. The van der Waals surface area contributed by atoms with Crippen LogP contribution in [0.25, 0.3) is 16.8 Å². The minimum atomic E-state index is -4.74. The molecule has 1 atom stereocenters. The van der Waals surface area contributed by atoms with E-state index in [1.165, 1.54) is 37.4 Å². The first-order valence-corrected chi connectivity index (χ1v) is 12.4. The Hall–Kier alpha value is -4.36. The average molecular weight is 610 g/mol. The van der Waals surface area contributed by atoms with E-state index in [2.05, 4.69) is 10.3 Å².